The maximum absolute atomic E-state index is 13.5. The SMILES string of the molecule is Cc1ccc(CN(C(=O)[C@H]2CC(=O)Nc3cc(F)ccc32)C2CC2)o1. The summed E-state index contributed by atoms with van der Waals surface area (Å²) in [7, 11) is 0. The molecule has 2 amide bonds. The van der Waals surface area contributed by atoms with E-state index in [9.17, 15) is 14.0 Å². The van der Waals surface area contributed by atoms with E-state index in [4.69, 9.17) is 4.42 Å². The number of rotatable bonds is 4. The van der Waals surface area contributed by atoms with Crippen LogP contribution in [0.3, 0.4) is 0 Å². The molecule has 4 rings (SSSR count). The van der Waals surface area contributed by atoms with Crippen LogP contribution in [0.5, 0.6) is 0 Å². The highest BCUT2D eigenvalue weighted by Crippen LogP contribution is 2.37. The molecule has 6 heteroatoms. The standard InChI is InChI=1S/C19H19FN2O3/c1-11-2-6-14(25-11)10-22(13-4-5-13)19(24)16-9-18(23)21-17-8-12(20)3-7-15(16)17/h2-3,6-8,13,16H,4-5,9-10H2,1H3,(H,21,23)/t16-/m0/s1. The quantitative estimate of drug-likeness (QED) is 0.927. The van der Waals surface area contributed by atoms with Crippen LogP contribution in [-0.4, -0.2) is 22.8 Å². The fourth-order valence-corrected chi connectivity index (χ4v) is 3.37. The summed E-state index contributed by atoms with van der Waals surface area (Å²) in [5.74, 6) is 0.159. The van der Waals surface area contributed by atoms with Crippen LogP contribution in [0.2, 0.25) is 0 Å². The van der Waals surface area contributed by atoms with Gasteiger partial charge >= 0.3 is 0 Å². The molecule has 1 aromatic heterocycles. The third-order valence-corrected chi connectivity index (χ3v) is 4.75. The van der Waals surface area contributed by atoms with E-state index in [0.717, 1.165) is 24.4 Å². The molecule has 0 bridgehead atoms. The van der Waals surface area contributed by atoms with Crippen LogP contribution in [-0.2, 0) is 16.1 Å². The number of furan rings is 1. The van der Waals surface area contributed by atoms with Crippen LogP contribution < -0.4 is 5.32 Å². The Morgan fingerprint density at radius 1 is 1.32 bits per heavy atom. The van der Waals surface area contributed by atoms with E-state index in [-0.39, 0.29) is 24.3 Å². The smallest absolute Gasteiger partial charge is 0.231 e. The molecule has 1 N–H and O–H groups in total. The number of nitrogens with zero attached hydrogens (tertiary/aromatic N) is 1. The van der Waals surface area contributed by atoms with Gasteiger partial charge in [-0.1, -0.05) is 6.07 Å². The van der Waals surface area contributed by atoms with E-state index in [1.165, 1.54) is 12.1 Å². The van der Waals surface area contributed by atoms with E-state index < -0.39 is 11.7 Å². The summed E-state index contributed by atoms with van der Waals surface area (Å²) >= 11 is 0. The highest BCUT2D eigenvalue weighted by molar-refractivity contribution is 6.01. The fourth-order valence-electron chi connectivity index (χ4n) is 3.37. The molecule has 1 fully saturated rings. The molecule has 1 saturated carbocycles. The second kappa shape index (κ2) is 6.02. The average molecular weight is 342 g/mol. The minimum absolute atomic E-state index is 0.0812. The molecular formula is C19H19FN2O3. The Balaban J connectivity index is 1.63. The Kier molecular flexibility index (Phi) is 3.82. The first kappa shape index (κ1) is 15.9. The van der Waals surface area contributed by atoms with Crippen molar-refractivity contribution in [2.45, 2.75) is 44.7 Å². The van der Waals surface area contributed by atoms with Gasteiger partial charge in [0.05, 0.1) is 12.5 Å². The molecule has 5 nitrogen and oxygen atoms in total. The van der Waals surface area contributed by atoms with E-state index in [1.807, 2.05) is 19.1 Å². The van der Waals surface area contributed by atoms with Gasteiger partial charge in [-0.3, -0.25) is 9.59 Å². The summed E-state index contributed by atoms with van der Waals surface area (Å²) in [6.45, 7) is 2.26. The molecule has 130 valence electrons. The molecule has 1 aliphatic heterocycles. The minimum atomic E-state index is -0.582. The monoisotopic (exact) mass is 342 g/mol. The van der Waals surface area contributed by atoms with Gasteiger partial charge < -0.3 is 14.6 Å². The highest BCUT2D eigenvalue weighted by atomic mass is 19.1. The molecule has 0 unspecified atom stereocenters. The van der Waals surface area contributed by atoms with Crippen LogP contribution in [0.4, 0.5) is 10.1 Å². The molecule has 1 atom stereocenters. The predicted octanol–water partition coefficient (Wildman–Crippen LogP) is 3.34. The van der Waals surface area contributed by atoms with Crippen LogP contribution >= 0.6 is 0 Å². The van der Waals surface area contributed by atoms with E-state index >= 15 is 0 Å². The molecule has 25 heavy (non-hydrogen) atoms. The number of halogens is 1. The van der Waals surface area contributed by atoms with Gasteiger partial charge in [-0.25, -0.2) is 4.39 Å². The molecule has 0 saturated heterocycles. The maximum atomic E-state index is 13.5. The molecule has 1 aromatic carbocycles. The van der Waals surface area contributed by atoms with Crippen molar-refractivity contribution in [1.29, 1.82) is 0 Å². The highest BCUT2D eigenvalue weighted by Gasteiger charge is 2.39. The molecule has 2 heterocycles. The van der Waals surface area contributed by atoms with Crippen molar-refractivity contribution >= 4 is 17.5 Å². The first-order valence-corrected chi connectivity index (χ1v) is 8.46. The number of fused-ring (bicyclic) bond motifs is 1. The average Bonchev–Trinajstić information content (AvgIpc) is 3.33. The van der Waals surface area contributed by atoms with Crippen molar-refractivity contribution in [3.63, 3.8) is 0 Å². The number of aryl methyl sites for hydroxylation is 1. The zero-order valence-corrected chi connectivity index (χ0v) is 13.9. The van der Waals surface area contributed by atoms with Crippen LogP contribution in [0.1, 0.15) is 42.3 Å². The lowest BCUT2D eigenvalue weighted by Crippen LogP contribution is -2.39. The normalized spacial score (nSPS) is 19.3. The summed E-state index contributed by atoms with van der Waals surface area (Å²) in [6, 6.07) is 8.12. The Bertz CT molecular complexity index is 841. The molecule has 2 aromatic rings. The summed E-state index contributed by atoms with van der Waals surface area (Å²) < 4.78 is 19.1. The number of nitrogens with one attached hydrogen (secondary N) is 1. The minimum Gasteiger partial charge on any atom is -0.464 e. The topological polar surface area (TPSA) is 62.6 Å². The summed E-state index contributed by atoms with van der Waals surface area (Å²) in [5.41, 5.74) is 1.06. The van der Waals surface area contributed by atoms with Gasteiger partial charge in [-0.15, -0.1) is 0 Å². The van der Waals surface area contributed by atoms with E-state index in [1.54, 1.807) is 11.0 Å². The van der Waals surface area contributed by atoms with Gasteiger partial charge in [0.2, 0.25) is 11.8 Å². The van der Waals surface area contributed by atoms with Gasteiger partial charge in [0.15, 0.2) is 0 Å². The number of anilines is 1. The molecule has 1 aliphatic carbocycles. The summed E-state index contributed by atoms with van der Waals surface area (Å²) in [4.78, 5) is 27.0. The Morgan fingerprint density at radius 3 is 2.80 bits per heavy atom. The summed E-state index contributed by atoms with van der Waals surface area (Å²) in [6.07, 6.45) is 2.00. The third-order valence-electron chi connectivity index (χ3n) is 4.75. The zero-order valence-electron chi connectivity index (χ0n) is 13.9. The van der Waals surface area contributed by atoms with E-state index in [2.05, 4.69) is 5.32 Å². The zero-order chi connectivity index (χ0) is 17.6. The van der Waals surface area contributed by atoms with Gasteiger partial charge in [-0.05, 0) is 49.6 Å². The van der Waals surface area contributed by atoms with Gasteiger partial charge in [0.25, 0.3) is 0 Å². The lowest BCUT2D eigenvalue weighted by atomic mass is 9.89. The van der Waals surface area contributed by atoms with Gasteiger partial charge in [0, 0.05) is 18.2 Å². The number of carbonyl (C=O) groups is 2. The number of benzene rings is 1. The van der Waals surface area contributed by atoms with Crippen molar-refractivity contribution in [1.82, 2.24) is 4.90 Å². The van der Waals surface area contributed by atoms with Crippen LogP contribution in [0.15, 0.2) is 34.7 Å². The number of hydrogen-bond donors (Lipinski definition) is 1. The fraction of sp³-hybridized carbons (Fsp3) is 0.368. The number of hydrogen-bond acceptors (Lipinski definition) is 3. The lowest BCUT2D eigenvalue weighted by molar-refractivity contribution is -0.136. The van der Waals surface area contributed by atoms with Crippen molar-refractivity contribution in [3.8, 4) is 0 Å². The van der Waals surface area contributed by atoms with Crippen molar-refractivity contribution in [3.05, 3.63) is 53.2 Å². The molecular weight excluding hydrogens is 323 g/mol. The Labute approximate surface area is 144 Å². The van der Waals surface area contributed by atoms with Crippen molar-refractivity contribution in [2.24, 2.45) is 0 Å². The number of carbonyl (C=O) groups excluding carboxylic acids is 2. The van der Waals surface area contributed by atoms with Crippen LogP contribution in [0, 0.1) is 12.7 Å². The van der Waals surface area contributed by atoms with Gasteiger partial charge in [-0.2, -0.15) is 0 Å². The second-order valence-corrected chi connectivity index (χ2v) is 6.75. The van der Waals surface area contributed by atoms with E-state index in [0.29, 0.717) is 17.8 Å². The maximum Gasteiger partial charge on any atom is 0.231 e. The molecule has 0 spiro atoms. The Morgan fingerprint density at radius 2 is 2.12 bits per heavy atom. The molecule has 2 aliphatic rings. The largest absolute Gasteiger partial charge is 0.464 e. The molecule has 0 radical (unpaired) electrons. The Hall–Kier alpha value is -2.63. The van der Waals surface area contributed by atoms with Gasteiger partial charge in [0.1, 0.15) is 17.3 Å². The first-order valence-electron chi connectivity index (χ1n) is 8.46. The van der Waals surface area contributed by atoms with Crippen LogP contribution in [0.25, 0.3) is 0 Å². The third kappa shape index (κ3) is 3.16. The second-order valence-electron chi connectivity index (χ2n) is 6.75. The predicted molar refractivity (Wildman–Crippen MR) is 89.4 cm³/mol. The van der Waals surface area contributed by atoms with Crippen molar-refractivity contribution in [2.75, 3.05) is 5.32 Å². The number of amides is 2. The summed E-state index contributed by atoms with van der Waals surface area (Å²) in [5, 5.41) is 2.65. The first-order chi connectivity index (χ1) is 12.0. The lowest BCUT2D eigenvalue weighted by Gasteiger charge is -2.30. The van der Waals surface area contributed by atoms with Crippen molar-refractivity contribution < 1.29 is 18.4 Å².